The van der Waals surface area contributed by atoms with E-state index in [1.807, 2.05) is 30.3 Å². The molecule has 40 heavy (non-hydrogen) atoms. The van der Waals surface area contributed by atoms with Gasteiger partial charge in [-0.25, -0.2) is 4.79 Å². The summed E-state index contributed by atoms with van der Waals surface area (Å²) < 4.78 is 84.5. The molecule has 2 aliphatic rings. The van der Waals surface area contributed by atoms with Gasteiger partial charge in [-0.2, -0.15) is 26.3 Å². The largest absolute Gasteiger partial charge is 0.460 e. The monoisotopic (exact) mass is 586 g/mol. The van der Waals surface area contributed by atoms with Gasteiger partial charge in [0.25, 0.3) is 0 Å². The quantitative estimate of drug-likeness (QED) is 0.339. The third-order valence-electron chi connectivity index (χ3n) is 7.06. The molecule has 2 saturated heterocycles. The number of rotatable bonds is 5. The van der Waals surface area contributed by atoms with Crippen LogP contribution >= 0.6 is 11.6 Å². The molecule has 1 N–H and O–H groups in total. The second-order valence-electron chi connectivity index (χ2n) is 9.87. The van der Waals surface area contributed by atoms with Crippen molar-refractivity contribution in [2.75, 3.05) is 44.6 Å². The zero-order chi connectivity index (χ0) is 28.7. The Morgan fingerprint density at radius 1 is 0.900 bits per heavy atom. The number of hydrogen-bond acceptors (Lipinski definition) is 4. The molecule has 0 radical (unpaired) electrons. The van der Waals surface area contributed by atoms with E-state index in [1.54, 1.807) is 6.07 Å². The average molecular weight is 587 g/mol. The number of halogens is 7. The van der Waals surface area contributed by atoms with Crippen LogP contribution in [0, 0.1) is 0 Å². The fourth-order valence-corrected chi connectivity index (χ4v) is 5.04. The number of carbonyl (C=O) groups excluding carboxylic acids is 1. The molecular weight excluding hydrogens is 562 g/mol. The zero-order valence-electron chi connectivity index (χ0n) is 21.0. The number of furan rings is 1. The summed E-state index contributed by atoms with van der Waals surface area (Å²) in [6, 6.07) is 11.6. The summed E-state index contributed by atoms with van der Waals surface area (Å²) in [5.74, 6) is 1.57. The van der Waals surface area contributed by atoms with Crippen LogP contribution in [0.1, 0.15) is 16.9 Å². The lowest BCUT2D eigenvalue weighted by Crippen LogP contribution is -2.64. The third-order valence-corrected chi connectivity index (χ3v) is 7.30. The van der Waals surface area contributed by atoms with Gasteiger partial charge in [0, 0.05) is 61.6 Å². The van der Waals surface area contributed by atoms with Crippen LogP contribution in [0.5, 0.6) is 0 Å². The number of piperazine rings is 1. The predicted molar refractivity (Wildman–Crippen MR) is 137 cm³/mol. The van der Waals surface area contributed by atoms with Crippen molar-refractivity contribution < 1.29 is 35.6 Å². The van der Waals surface area contributed by atoms with Crippen LogP contribution in [-0.2, 0) is 18.9 Å². The maximum Gasteiger partial charge on any atom is 0.416 e. The number of carbonyl (C=O) groups is 1. The normalized spacial score (nSPS) is 17.6. The third kappa shape index (κ3) is 6.56. The van der Waals surface area contributed by atoms with Crippen LogP contribution in [0.15, 0.2) is 59.0 Å². The molecule has 0 unspecified atom stereocenters. The molecule has 0 atom stereocenters. The van der Waals surface area contributed by atoms with Crippen molar-refractivity contribution in [3.8, 4) is 11.3 Å². The summed E-state index contributed by atoms with van der Waals surface area (Å²) in [5, 5.41) is 2.82. The molecule has 2 aliphatic heterocycles. The van der Waals surface area contributed by atoms with Gasteiger partial charge in [0.15, 0.2) is 0 Å². The van der Waals surface area contributed by atoms with Crippen molar-refractivity contribution in [2.45, 2.75) is 24.9 Å². The molecule has 2 fully saturated rings. The Kier molecular flexibility index (Phi) is 7.77. The van der Waals surface area contributed by atoms with Crippen molar-refractivity contribution in [1.29, 1.82) is 0 Å². The van der Waals surface area contributed by atoms with Gasteiger partial charge in [0.05, 0.1) is 17.7 Å². The first-order valence-corrected chi connectivity index (χ1v) is 12.9. The number of nitrogens with one attached hydrogen (secondary N) is 1. The number of alkyl halides is 6. The molecule has 0 saturated carbocycles. The highest BCUT2D eigenvalue weighted by molar-refractivity contribution is 6.30. The van der Waals surface area contributed by atoms with Crippen LogP contribution in [0.4, 0.5) is 36.8 Å². The molecule has 0 aliphatic carbocycles. The van der Waals surface area contributed by atoms with Crippen LogP contribution in [-0.4, -0.2) is 66.0 Å². The molecule has 3 aromatic rings. The average Bonchev–Trinajstić information content (AvgIpc) is 3.31. The van der Waals surface area contributed by atoms with Gasteiger partial charge in [0.2, 0.25) is 0 Å². The van der Waals surface area contributed by atoms with Gasteiger partial charge < -0.3 is 14.6 Å². The maximum atomic E-state index is 13.1. The van der Waals surface area contributed by atoms with Gasteiger partial charge in [-0.3, -0.25) is 9.80 Å². The van der Waals surface area contributed by atoms with Crippen LogP contribution in [0.25, 0.3) is 11.3 Å². The highest BCUT2D eigenvalue weighted by atomic mass is 35.5. The summed E-state index contributed by atoms with van der Waals surface area (Å²) in [6.45, 7) is 4.37. The topological polar surface area (TPSA) is 52.0 Å². The van der Waals surface area contributed by atoms with Gasteiger partial charge in [-0.15, -0.1) is 0 Å². The zero-order valence-corrected chi connectivity index (χ0v) is 21.8. The second kappa shape index (κ2) is 11.0. The number of urea groups is 1. The van der Waals surface area contributed by atoms with E-state index in [9.17, 15) is 31.1 Å². The highest BCUT2D eigenvalue weighted by Crippen LogP contribution is 2.37. The van der Waals surface area contributed by atoms with E-state index in [0.29, 0.717) is 36.8 Å². The lowest BCUT2D eigenvalue weighted by atomic mass is 10.1. The number of benzene rings is 2. The number of nitrogens with zero attached hydrogens (tertiary/aromatic N) is 3. The molecule has 2 aromatic carbocycles. The Labute approximate surface area is 231 Å². The Morgan fingerprint density at radius 2 is 1.55 bits per heavy atom. The van der Waals surface area contributed by atoms with Gasteiger partial charge in [-0.1, -0.05) is 23.7 Å². The molecule has 5 rings (SSSR count). The van der Waals surface area contributed by atoms with E-state index in [1.165, 1.54) is 4.90 Å². The van der Waals surface area contributed by atoms with E-state index < -0.39 is 35.2 Å². The predicted octanol–water partition coefficient (Wildman–Crippen LogP) is 6.67. The fraction of sp³-hybridized carbons (Fsp3) is 0.370. The van der Waals surface area contributed by atoms with Crippen molar-refractivity contribution in [2.24, 2.45) is 0 Å². The lowest BCUT2D eigenvalue weighted by Gasteiger charge is -2.47. The van der Waals surface area contributed by atoms with Crippen molar-refractivity contribution in [3.05, 3.63) is 76.5 Å². The standard InChI is InChI=1S/C27H25ClF6N4O2/c28-20-3-1-2-17(10-20)24-5-4-23(40-24)16-36-6-8-37(9-7-36)22-14-38(15-22)25(39)35-21-12-18(26(29,30)31)11-19(13-21)27(32,33)34/h1-5,10-13,22H,6-9,14-16H2,(H,35,39). The molecule has 3 heterocycles. The molecule has 0 bridgehead atoms. The second-order valence-corrected chi connectivity index (χ2v) is 10.3. The lowest BCUT2D eigenvalue weighted by molar-refractivity contribution is -0.143. The molecule has 13 heteroatoms. The molecule has 2 amide bonds. The molecular formula is C27H25ClF6N4O2. The van der Waals surface area contributed by atoms with Crippen molar-refractivity contribution in [1.82, 2.24) is 14.7 Å². The Bertz CT molecular complexity index is 1330. The summed E-state index contributed by atoms with van der Waals surface area (Å²) >= 11 is 6.06. The van der Waals surface area contributed by atoms with E-state index in [2.05, 4.69) is 15.1 Å². The molecule has 0 spiro atoms. The minimum atomic E-state index is -4.99. The Balaban J connectivity index is 1.10. The number of hydrogen-bond donors (Lipinski definition) is 1. The highest BCUT2D eigenvalue weighted by Gasteiger charge is 2.39. The Morgan fingerprint density at radius 3 is 2.15 bits per heavy atom. The summed E-state index contributed by atoms with van der Waals surface area (Å²) in [6.07, 6.45) is -9.97. The van der Waals surface area contributed by atoms with Gasteiger partial charge >= 0.3 is 18.4 Å². The van der Waals surface area contributed by atoms with Crippen LogP contribution < -0.4 is 5.32 Å². The summed E-state index contributed by atoms with van der Waals surface area (Å²) in [4.78, 5) is 18.4. The number of likely N-dealkylation sites (tertiary alicyclic amines) is 1. The summed E-state index contributed by atoms with van der Waals surface area (Å²) in [7, 11) is 0. The minimum Gasteiger partial charge on any atom is -0.460 e. The molecule has 214 valence electrons. The van der Waals surface area contributed by atoms with Crippen molar-refractivity contribution >= 4 is 23.3 Å². The van der Waals surface area contributed by atoms with Crippen LogP contribution in [0.3, 0.4) is 0 Å². The minimum absolute atomic E-state index is 0.0269. The number of anilines is 1. The fourth-order valence-electron chi connectivity index (χ4n) is 4.85. The van der Waals surface area contributed by atoms with Crippen LogP contribution in [0.2, 0.25) is 5.02 Å². The van der Waals surface area contributed by atoms with Gasteiger partial charge in [-0.05, 0) is 42.5 Å². The van der Waals surface area contributed by atoms with E-state index in [4.69, 9.17) is 16.0 Å². The van der Waals surface area contributed by atoms with E-state index in [0.717, 1.165) is 43.3 Å². The SMILES string of the molecule is O=C(Nc1cc(C(F)(F)F)cc(C(F)(F)F)c1)N1CC(N2CCN(Cc3ccc(-c4cccc(Cl)c4)o3)CC2)C1. The summed E-state index contributed by atoms with van der Waals surface area (Å²) in [5.41, 5.74) is -2.61. The molecule has 1 aromatic heterocycles. The Hall–Kier alpha value is -3.22. The first-order valence-electron chi connectivity index (χ1n) is 12.5. The van der Waals surface area contributed by atoms with E-state index in [-0.39, 0.29) is 12.1 Å². The number of amides is 2. The first-order chi connectivity index (χ1) is 18.8. The first kappa shape index (κ1) is 28.3. The smallest absolute Gasteiger partial charge is 0.416 e. The van der Waals surface area contributed by atoms with E-state index >= 15 is 0 Å². The molecule has 6 nitrogen and oxygen atoms in total. The maximum absolute atomic E-state index is 13.1. The van der Waals surface area contributed by atoms with Gasteiger partial charge in [0.1, 0.15) is 11.5 Å². The van der Waals surface area contributed by atoms with Crippen molar-refractivity contribution in [3.63, 3.8) is 0 Å².